The van der Waals surface area contributed by atoms with Gasteiger partial charge in [0.15, 0.2) is 5.16 Å². The van der Waals surface area contributed by atoms with Gasteiger partial charge >= 0.3 is 0 Å². The highest BCUT2D eigenvalue weighted by Gasteiger charge is 2.33. The molecule has 1 fully saturated rings. The summed E-state index contributed by atoms with van der Waals surface area (Å²) >= 11 is 1.46. The van der Waals surface area contributed by atoms with Gasteiger partial charge in [0.05, 0.1) is 17.9 Å². The highest BCUT2D eigenvalue weighted by atomic mass is 32.2. The number of amides is 1. The summed E-state index contributed by atoms with van der Waals surface area (Å²) < 4.78 is 32.7. The van der Waals surface area contributed by atoms with E-state index in [0.717, 1.165) is 5.56 Å². The van der Waals surface area contributed by atoms with Gasteiger partial charge in [-0.05, 0) is 43.5 Å². The summed E-state index contributed by atoms with van der Waals surface area (Å²) in [5, 5.41) is 10.1. The van der Waals surface area contributed by atoms with Crippen molar-refractivity contribution in [2.75, 3.05) is 32.5 Å². The predicted molar refractivity (Wildman–Crippen MR) is 109 cm³/mol. The number of benzene rings is 1. The van der Waals surface area contributed by atoms with E-state index in [1.54, 1.807) is 32.2 Å². The molecular formula is C18H25N5O4S2. The molecule has 1 aliphatic rings. The molecule has 158 valence electrons. The Labute approximate surface area is 174 Å². The zero-order valence-corrected chi connectivity index (χ0v) is 18.1. The summed E-state index contributed by atoms with van der Waals surface area (Å²) in [5.41, 5.74) is 0.754. The van der Waals surface area contributed by atoms with Gasteiger partial charge < -0.3 is 10.1 Å². The first-order valence-corrected chi connectivity index (χ1v) is 11.7. The highest BCUT2D eigenvalue weighted by Crippen LogP contribution is 2.27. The Morgan fingerprint density at radius 3 is 2.97 bits per heavy atom. The molecule has 0 spiro atoms. The average Bonchev–Trinajstić information content (AvgIpc) is 3.24. The second kappa shape index (κ2) is 9.59. The van der Waals surface area contributed by atoms with Crippen LogP contribution in [0.2, 0.25) is 0 Å². The number of H-pyrrole nitrogens is 1. The van der Waals surface area contributed by atoms with Gasteiger partial charge in [-0.1, -0.05) is 11.8 Å². The van der Waals surface area contributed by atoms with Gasteiger partial charge in [-0.25, -0.2) is 13.4 Å². The van der Waals surface area contributed by atoms with Crippen LogP contribution in [0.25, 0.3) is 0 Å². The van der Waals surface area contributed by atoms with Crippen LogP contribution in [-0.4, -0.2) is 66.3 Å². The van der Waals surface area contributed by atoms with E-state index in [1.807, 2.05) is 0 Å². The average molecular weight is 440 g/mol. The Hall–Kier alpha value is -2.11. The van der Waals surface area contributed by atoms with Crippen molar-refractivity contribution in [3.63, 3.8) is 0 Å². The van der Waals surface area contributed by atoms with E-state index in [2.05, 4.69) is 20.5 Å². The molecule has 0 saturated carbocycles. The molecular weight excluding hydrogens is 414 g/mol. The monoisotopic (exact) mass is 439 g/mol. The van der Waals surface area contributed by atoms with Gasteiger partial charge in [-0.3, -0.25) is 9.89 Å². The Morgan fingerprint density at radius 2 is 2.28 bits per heavy atom. The smallest absolute Gasteiger partial charge is 0.243 e. The van der Waals surface area contributed by atoms with Gasteiger partial charge in [-0.15, -0.1) is 0 Å². The molecule has 1 amide bonds. The van der Waals surface area contributed by atoms with Crippen molar-refractivity contribution in [1.29, 1.82) is 0 Å². The lowest BCUT2D eigenvalue weighted by molar-refractivity contribution is -0.125. The number of nitrogens with one attached hydrogen (secondary N) is 2. The first kappa shape index (κ1) is 21.6. The fourth-order valence-corrected chi connectivity index (χ4v) is 5.51. The quantitative estimate of drug-likeness (QED) is 0.472. The first-order valence-electron chi connectivity index (χ1n) is 9.32. The molecule has 1 aromatic heterocycles. The molecule has 1 aromatic carbocycles. The number of piperidine rings is 1. The lowest BCUT2D eigenvalue weighted by atomic mass is 9.99. The van der Waals surface area contributed by atoms with E-state index in [4.69, 9.17) is 4.74 Å². The van der Waals surface area contributed by atoms with Crippen LogP contribution in [0.1, 0.15) is 18.4 Å². The number of carbonyl (C=O) groups excluding carboxylic acids is 1. The van der Waals surface area contributed by atoms with Crippen molar-refractivity contribution >= 4 is 27.7 Å². The largest absolute Gasteiger partial charge is 0.496 e. The topological polar surface area (TPSA) is 117 Å². The van der Waals surface area contributed by atoms with Gasteiger partial charge in [0.2, 0.25) is 15.9 Å². The Morgan fingerprint density at radius 1 is 1.45 bits per heavy atom. The van der Waals surface area contributed by atoms with Crippen molar-refractivity contribution < 1.29 is 17.9 Å². The molecule has 9 nitrogen and oxygen atoms in total. The number of aromatic amines is 1. The molecule has 2 heterocycles. The third-order valence-corrected chi connectivity index (χ3v) is 7.53. The van der Waals surface area contributed by atoms with Crippen molar-refractivity contribution in [2.24, 2.45) is 5.92 Å². The van der Waals surface area contributed by atoms with E-state index >= 15 is 0 Å². The molecule has 0 aliphatic carbocycles. The lowest BCUT2D eigenvalue weighted by Gasteiger charge is -2.31. The minimum atomic E-state index is -3.66. The van der Waals surface area contributed by atoms with Gasteiger partial charge in [0.1, 0.15) is 12.1 Å². The molecule has 29 heavy (non-hydrogen) atoms. The Balaban J connectivity index is 1.57. The number of hydrogen-bond acceptors (Lipinski definition) is 7. The van der Waals surface area contributed by atoms with E-state index in [1.165, 1.54) is 22.4 Å². The highest BCUT2D eigenvalue weighted by molar-refractivity contribution is 7.99. The minimum absolute atomic E-state index is 0.117. The van der Waals surface area contributed by atoms with Crippen LogP contribution >= 0.6 is 11.8 Å². The number of carbonyl (C=O) groups is 1. The van der Waals surface area contributed by atoms with E-state index in [-0.39, 0.29) is 23.3 Å². The molecule has 2 N–H and O–H groups in total. The van der Waals surface area contributed by atoms with Crippen LogP contribution in [0.5, 0.6) is 5.75 Å². The van der Waals surface area contributed by atoms with Crippen LogP contribution < -0.4 is 10.1 Å². The Kier molecular flexibility index (Phi) is 7.14. The second-order valence-electron chi connectivity index (χ2n) is 6.76. The molecule has 0 radical (unpaired) electrons. The van der Waals surface area contributed by atoms with Crippen molar-refractivity contribution in [3.8, 4) is 5.75 Å². The molecule has 0 bridgehead atoms. The number of thioether (sulfide) groups is 1. The van der Waals surface area contributed by atoms with Crippen LogP contribution in [0.15, 0.2) is 34.6 Å². The third kappa shape index (κ3) is 5.28. The van der Waals surface area contributed by atoms with Crippen molar-refractivity contribution in [3.05, 3.63) is 30.1 Å². The maximum absolute atomic E-state index is 13.0. The number of methoxy groups -OCH3 is 1. The third-order valence-electron chi connectivity index (χ3n) is 4.79. The van der Waals surface area contributed by atoms with Crippen molar-refractivity contribution in [2.45, 2.75) is 29.8 Å². The predicted octanol–water partition coefficient (Wildman–Crippen LogP) is 1.43. The lowest BCUT2D eigenvalue weighted by Crippen LogP contribution is -2.45. The maximum Gasteiger partial charge on any atom is 0.243 e. The van der Waals surface area contributed by atoms with E-state index in [9.17, 15) is 13.2 Å². The number of aryl methyl sites for hydroxylation is 1. The van der Waals surface area contributed by atoms with Gasteiger partial charge in [-0.2, -0.15) is 9.40 Å². The first-order chi connectivity index (χ1) is 13.9. The fraction of sp³-hybridized carbons (Fsp3) is 0.500. The molecule has 0 unspecified atom stereocenters. The Bertz CT molecular complexity index is 934. The summed E-state index contributed by atoms with van der Waals surface area (Å²) in [5.74, 6) is 0.825. The zero-order chi connectivity index (χ0) is 20.9. The summed E-state index contributed by atoms with van der Waals surface area (Å²) in [7, 11) is -2.11. The second-order valence-corrected chi connectivity index (χ2v) is 9.79. The zero-order valence-electron chi connectivity index (χ0n) is 16.4. The van der Waals surface area contributed by atoms with E-state index in [0.29, 0.717) is 42.6 Å². The number of aromatic nitrogens is 3. The van der Waals surface area contributed by atoms with Crippen LogP contribution in [-0.2, 0) is 14.8 Å². The number of sulfonamides is 1. The standard InChI is InChI=1S/C18H25N5O4S2/c1-13-10-15(5-6-16(13)27-2)29(25,26)23-8-3-4-14(11-23)17(24)19-7-9-28-18-20-12-21-22-18/h5-6,10,12,14H,3-4,7-9,11H2,1-2H3,(H,19,24)(H,20,21,22)/t14-/m0/s1. The number of rotatable bonds is 8. The normalized spacial score (nSPS) is 17.8. The maximum atomic E-state index is 13.0. The van der Waals surface area contributed by atoms with Crippen LogP contribution in [0.4, 0.5) is 0 Å². The number of nitrogens with zero attached hydrogens (tertiary/aromatic N) is 3. The summed E-state index contributed by atoms with van der Waals surface area (Å²) in [6.07, 6.45) is 2.76. The van der Waals surface area contributed by atoms with Crippen molar-refractivity contribution in [1.82, 2.24) is 24.8 Å². The SMILES string of the molecule is COc1ccc(S(=O)(=O)N2CCC[C@H](C(=O)NCCSc3ncn[nH]3)C2)cc1C. The summed E-state index contributed by atoms with van der Waals surface area (Å²) in [6, 6.07) is 4.81. The van der Waals surface area contributed by atoms with Gasteiger partial charge in [0, 0.05) is 25.4 Å². The number of hydrogen-bond donors (Lipinski definition) is 2. The van der Waals surface area contributed by atoms with E-state index < -0.39 is 10.0 Å². The minimum Gasteiger partial charge on any atom is -0.496 e. The molecule has 1 atom stereocenters. The summed E-state index contributed by atoms with van der Waals surface area (Å²) in [6.45, 7) is 2.89. The van der Waals surface area contributed by atoms with Crippen LogP contribution in [0.3, 0.4) is 0 Å². The summed E-state index contributed by atoms with van der Waals surface area (Å²) in [4.78, 5) is 16.7. The molecule has 1 aliphatic heterocycles. The molecule has 3 rings (SSSR count). The fourth-order valence-electron chi connectivity index (χ4n) is 3.27. The molecule has 2 aromatic rings. The van der Waals surface area contributed by atoms with Gasteiger partial charge in [0.25, 0.3) is 0 Å². The molecule has 1 saturated heterocycles. The number of ether oxygens (including phenoxy) is 1. The molecule has 11 heteroatoms. The van der Waals surface area contributed by atoms with Crippen LogP contribution in [0, 0.1) is 12.8 Å².